The van der Waals surface area contributed by atoms with Crippen molar-refractivity contribution in [2.24, 2.45) is 4.99 Å². The second kappa shape index (κ2) is 12.2. The van der Waals surface area contributed by atoms with E-state index in [0.717, 1.165) is 67.7 Å². The Labute approximate surface area is 200 Å². The van der Waals surface area contributed by atoms with Gasteiger partial charge in [-0.25, -0.2) is 4.98 Å². The van der Waals surface area contributed by atoms with Crippen molar-refractivity contribution in [3.05, 3.63) is 34.3 Å². The lowest BCUT2D eigenvalue weighted by Crippen LogP contribution is -2.45. The Balaban J connectivity index is 0.00000320. The third-order valence-corrected chi connectivity index (χ3v) is 6.07. The molecular formula is C21H32IN5O2S. The molecule has 0 saturated carbocycles. The van der Waals surface area contributed by atoms with Crippen LogP contribution in [0.25, 0.3) is 0 Å². The van der Waals surface area contributed by atoms with E-state index in [1.54, 1.807) is 25.6 Å². The summed E-state index contributed by atoms with van der Waals surface area (Å²) in [6.07, 6.45) is 2.95. The van der Waals surface area contributed by atoms with E-state index in [9.17, 15) is 0 Å². The van der Waals surface area contributed by atoms with Crippen molar-refractivity contribution in [2.75, 3.05) is 45.8 Å². The highest BCUT2D eigenvalue weighted by atomic mass is 127. The summed E-state index contributed by atoms with van der Waals surface area (Å²) in [4.78, 5) is 11.3. The molecule has 1 aromatic carbocycles. The number of rotatable bonds is 8. The van der Waals surface area contributed by atoms with Crippen LogP contribution in [0.15, 0.2) is 28.6 Å². The fourth-order valence-electron chi connectivity index (χ4n) is 3.41. The van der Waals surface area contributed by atoms with Gasteiger partial charge in [-0.15, -0.1) is 35.3 Å². The average Bonchev–Trinajstić information content (AvgIpc) is 3.42. The van der Waals surface area contributed by atoms with Crippen LogP contribution in [0, 0.1) is 0 Å². The van der Waals surface area contributed by atoms with Gasteiger partial charge in [0.2, 0.25) is 0 Å². The van der Waals surface area contributed by atoms with Crippen LogP contribution < -0.4 is 25.0 Å². The molecule has 1 aliphatic rings. The Morgan fingerprint density at radius 2 is 2.00 bits per heavy atom. The van der Waals surface area contributed by atoms with E-state index in [0.29, 0.717) is 6.04 Å². The quantitative estimate of drug-likeness (QED) is 0.302. The van der Waals surface area contributed by atoms with Gasteiger partial charge in [0.05, 0.1) is 24.9 Å². The molecule has 0 radical (unpaired) electrons. The second-order valence-electron chi connectivity index (χ2n) is 6.98. The summed E-state index contributed by atoms with van der Waals surface area (Å²) in [5.74, 6) is 2.45. The summed E-state index contributed by atoms with van der Waals surface area (Å²) in [5, 5.41) is 10.3. The number of nitrogens with zero attached hydrogens (tertiary/aromatic N) is 3. The Kier molecular flexibility index (Phi) is 9.96. The van der Waals surface area contributed by atoms with Crippen molar-refractivity contribution in [2.45, 2.75) is 32.2 Å². The van der Waals surface area contributed by atoms with Crippen molar-refractivity contribution >= 4 is 47.0 Å². The Hall–Kier alpha value is -1.75. The molecule has 1 aromatic heterocycles. The highest BCUT2D eigenvalue weighted by Gasteiger charge is 2.24. The van der Waals surface area contributed by atoms with Gasteiger partial charge in [0.15, 0.2) is 5.96 Å². The van der Waals surface area contributed by atoms with E-state index in [1.165, 1.54) is 5.01 Å². The van der Waals surface area contributed by atoms with Crippen molar-refractivity contribution in [1.29, 1.82) is 0 Å². The van der Waals surface area contributed by atoms with Crippen molar-refractivity contribution in [1.82, 2.24) is 15.6 Å². The fraction of sp³-hybridized carbons (Fsp3) is 0.524. The summed E-state index contributed by atoms with van der Waals surface area (Å²) >= 11 is 1.74. The molecule has 0 spiro atoms. The summed E-state index contributed by atoms with van der Waals surface area (Å²) in [7, 11) is 5.17. The predicted molar refractivity (Wildman–Crippen MR) is 135 cm³/mol. The number of guanidine groups is 1. The van der Waals surface area contributed by atoms with Crippen LogP contribution in [0.3, 0.4) is 0 Å². The van der Waals surface area contributed by atoms with Crippen molar-refractivity contribution in [3.8, 4) is 11.5 Å². The number of halogens is 1. The van der Waals surface area contributed by atoms with Gasteiger partial charge in [0.1, 0.15) is 11.5 Å². The first kappa shape index (κ1) is 24.5. The molecule has 0 aliphatic carbocycles. The molecule has 0 bridgehead atoms. The zero-order valence-corrected chi connectivity index (χ0v) is 21.3. The first-order chi connectivity index (χ1) is 14.1. The number of anilines is 1. The minimum Gasteiger partial charge on any atom is -0.497 e. The predicted octanol–water partition coefficient (Wildman–Crippen LogP) is 3.33. The Bertz CT molecular complexity index is 807. The first-order valence-corrected chi connectivity index (χ1v) is 10.9. The maximum Gasteiger partial charge on any atom is 0.191 e. The van der Waals surface area contributed by atoms with Crippen LogP contribution >= 0.6 is 35.3 Å². The van der Waals surface area contributed by atoms with E-state index >= 15 is 0 Å². The molecule has 2 heterocycles. The van der Waals surface area contributed by atoms with Crippen LogP contribution in [0.2, 0.25) is 0 Å². The largest absolute Gasteiger partial charge is 0.497 e. The highest BCUT2D eigenvalue weighted by molar-refractivity contribution is 14.0. The maximum atomic E-state index is 5.40. The van der Waals surface area contributed by atoms with Gasteiger partial charge < -0.3 is 25.0 Å². The normalized spacial score (nSPS) is 16.2. The Morgan fingerprint density at radius 3 is 2.60 bits per heavy atom. The van der Waals surface area contributed by atoms with E-state index in [1.807, 2.05) is 13.1 Å². The number of benzene rings is 1. The zero-order chi connectivity index (χ0) is 20.6. The molecule has 1 unspecified atom stereocenters. The number of hydrogen-bond acceptors (Lipinski definition) is 6. The maximum absolute atomic E-state index is 5.40. The number of aliphatic imine (C=N–C) groups is 1. The fourth-order valence-corrected chi connectivity index (χ4v) is 4.19. The molecule has 2 aromatic rings. The molecule has 1 atom stereocenters. The lowest BCUT2D eigenvalue weighted by molar-refractivity contribution is 0.394. The monoisotopic (exact) mass is 545 g/mol. The molecule has 1 saturated heterocycles. The zero-order valence-electron chi connectivity index (χ0n) is 18.1. The number of aryl methyl sites for hydroxylation is 1. The molecule has 7 nitrogen and oxygen atoms in total. The Morgan fingerprint density at radius 1 is 1.27 bits per heavy atom. The van der Waals surface area contributed by atoms with Crippen molar-refractivity contribution < 1.29 is 9.47 Å². The molecule has 1 fully saturated rings. The molecule has 166 valence electrons. The van der Waals surface area contributed by atoms with E-state index < -0.39 is 0 Å². The van der Waals surface area contributed by atoms with Gasteiger partial charge in [0.25, 0.3) is 0 Å². The number of hydrogen-bond donors (Lipinski definition) is 2. The summed E-state index contributed by atoms with van der Waals surface area (Å²) in [6.45, 7) is 4.84. The van der Waals surface area contributed by atoms with Gasteiger partial charge >= 0.3 is 0 Å². The average molecular weight is 545 g/mol. The number of nitrogens with one attached hydrogen (secondary N) is 2. The smallest absolute Gasteiger partial charge is 0.191 e. The SMILES string of the molecule is CCc1nc(CCNC(=NC)NC2CCN(c3cc(OC)cc(OC)c3)C2)cs1.I. The van der Waals surface area contributed by atoms with E-state index in [2.05, 4.69) is 49.9 Å². The first-order valence-electron chi connectivity index (χ1n) is 10.0. The minimum absolute atomic E-state index is 0. The second-order valence-corrected chi connectivity index (χ2v) is 7.92. The van der Waals surface area contributed by atoms with Crippen LogP contribution in [0.4, 0.5) is 5.69 Å². The number of methoxy groups -OCH3 is 2. The van der Waals surface area contributed by atoms with Gasteiger partial charge in [-0.2, -0.15) is 0 Å². The van der Waals surface area contributed by atoms with E-state index in [-0.39, 0.29) is 24.0 Å². The van der Waals surface area contributed by atoms with E-state index in [4.69, 9.17) is 9.47 Å². The van der Waals surface area contributed by atoms with Crippen LogP contribution in [0.5, 0.6) is 11.5 Å². The number of thiazole rings is 1. The van der Waals surface area contributed by atoms with Crippen LogP contribution in [-0.4, -0.2) is 57.9 Å². The molecule has 30 heavy (non-hydrogen) atoms. The standard InChI is InChI=1S/C21H31N5O2S.HI/c1-5-20-24-16(14-29-20)6-8-23-21(22-2)25-15-7-9-26(13-15)17-10-18(27-3)12-19(11-17)28-4;/h10-12,14-15H,5-9,13H2,1-4H3,(H2,22,23,25);1H. The molecule has 2 N–H and O–H groups in total. The lowest BCUT2D eigenvalue weighted by atomic mass is 10.2. The molecule has 0 amide bonds. The summed E-state index contributed by atoms with van der Waals surface area (Å²) in [6, 6.07) is 6.34. The molecule has 9 heteroatoms. The molecule has 3 rings (SSSR count). The van der Waals surface area contributed by atoms with Crippen LogP contribution in [-0.2, 0) is 12.8 Å². The summed E-state index contributed by atoms with van der Waals surface area (Å²) in [5.41, 5.74) is 2.26. The third-order valence-electron chi connectivity index (χ3n) is 5.03. The van der Waals surface area contributed by atoms with Crippen molar-refractivity contribution in [3.63, 3.8) is 0 Å². The summed E-state index contributed by atoms with van der Waals surface area (Å²) < 4.78 is 10.8. The minimum atomic E-state index is 0. The highest BCUT2D eigenvalue weighted by Crippen LogP contribution is 2.30. The van der Waals surface area contributed by atoms with Gasteiger partial charge in [-0.05, 0) is 12.8 Å². The topological polar surface area (TPSA) is 71.0 Å². The van der Waals surface area contributed by atoms with Gasteiger partial charge in [-0.3, -0.25) is 4.99 Å². The third kappa shape index (κ3) is 6.63. The number of ether oxygens (including phenoxy) is 2. The van der Waals surface area contributed by atoms with Gasteiger partial charge in [-0.1, -0.05) is 6.92 Å². The molecule has 1 aliphatic heterocycles. The van der Waals surface area contributed by atoms with Gasteiger partial charge in [0, 0.05) is 68.4 Å². The van der Waals surface area contributed by atoms with Crippen LogP contribution in [0.1, 0.15) is 24.0 Å². The number of aromatic nitrogens is 1. The lowest BCUT2D eigenvalue weighted by Gasteiger charge is -2.21. The molecular weight excluding hydrogens is 513 g/mol.